The van der Waals surface area contributed by atoms with Crippen molar-refractivity contribution in [3.63, 3.8) is 0 Å². The summed E-state index contributed by atoms with van der Waals surface area (Å²) in [6, 6.07) is 8.54. The van der Waals surface area contributed by atoms with Crippen LogP contribution in [0.4, 0.5) is 5.69 Å². The van der Waals surface area contributed by atoms with Crippen molar-refractivity contribution in [1.82, 2.24) is 10.2 Å². The van der Waals surface area contributed by atoms with Gasteiger partial charge in [0.05, 0.1) is 6.54 Å². The van der Waals surface area contributed by atoms with E-state index in [1.54, 1.807) is 0 Å². The molecule has 0 unspecified atom stereocenters. The molecular weight excluding hydrogens is 250 g/mol. The third kappa shape index (κ3) is 4.62. The van der Waals surface area contributed by atoms with Gasteiger partial charge < -0.3 is 10.6 Å². The zero-order chi connectivity index (χ0) is 14.4. The molecule has 110 valence electrons. The fraction of sp³-hybridized carbons (Fsp3) is 0.562. The molecule has 1 aromatic carbocycles. The van der Waals surface area contributed by atoms with Gasteiger partial charge in [0.2, 0.25) is 5.91 Å². The van der Waals surface area contributed by atoms with Gasteiger partial charge in [-0.3, -0.25) is 9.69 Å². The number of anilines is 1. The smallest absolute Gasteiger partial charge is 0.238 e. The molecule has 1 amide bonds. The van der Waals surface area contributed by atoms with Crippen LogP contribution in [0.1, 0.15) is 25.3 Å². The molecule has 1 aliphatic heterocycles. The first-order valence-electron chi connectivity index (χ1n) is 7.49. The summed E-state index contributed by atoms with van der Waals surface area (Å²) in [5.41, 5.74) is 2.08. The lowest BCUT2D eigenvalue weighted by atomic mass is 10.1. The Balaban J connectivity index is 1.74. The van der Waals surface area contributed by atoms with Crippen molar-refractivity contribution in [2.75, 3.05) is 31.5 Å². The van der Waals surface area contributed by atoms with Crippen molar-refractivity contribution < 1.29 is 4.79 Å². The Morgan fingerprint density at radius 1 is 1.25 bits per heavy atom. The normalized spacial score (nSPS) is 17.1. The fourth-order valence-corrected chi connectivity index (χ4v) is 2.62. The Morgan fingerprint density at radius 3 is 2.50 bits per heavy atom. The molecule has 1 aromatic rings. The predicted octanol–water partition coefficient (Wildman–Crippen LogP) is 2.01. The van der Waals surface area contributed by atoms with Crippen LogP contribution in [0.2, 0.25) is 0 Å². The van der Waals surface area contributed by atoms with Crippen LogP contribution in [0.15, 0.2) is 24.3 Å². The molecule has 0 radical (unpaired) electrons. The molecule has 4 nitrogen and oxygen atoms in total. The van der Waals surface area contributed by atoms with E-state index in [9.17, 15) is 4.79 Å². The minimum absolute atomic E-state index is 0.0794. The minimum atomic E-state index is 0.0794. The molecule has 0 bridgehead atoms. The molecule has 0 aromatic heterocycles. The number of amides is 1. The van der Waals surface area contributed by atoms with Gasteiger partial charge in [-0.05, 0) is 38.4 Å². The number of hydrogen-bond acceptors (Lipinski definition) is 3. The zero-order valence-electron chi connectivity index (χ0n) is 12.5. The maximum absolute atomic E-state index is 12.0. The second-order valence-corrected chi connectivity index (χ2v) is 5.52. The van der Waals surface area contributed by atoms with Gasteiger partial charge in [0.1, 0.15) is 0 Å². The van der Waals surface area contributed by atoms with Gasteiger partial charge >= 0.3 is 0 Å². The predicted molar refractivity (Wildman–Crippen MR) is 82.9 cm³/mol. The third-order valence-electron chi connectivity index (χ3n) is 3.78. The average Bonchev–Trinajstić information content (AvgIpc) is 2.44. The molecule has 0 atom stereocenters. The van der Waals surface area contributed by atoms with E-state index < -0.39 is 0 Å². The average molecular weight is 275 g/mol. The number of nitrogens with zero attached hydrogens (tertiary/aromatic N) is 1. The largest absolute Gasteiger partial charge is 0.325 e. The van der Waals surface area contributed by atoms with Crippen molar-refractivity contribution in [1.29, 1.82) is 0 Å². The lowest BCUT2D eigenvalue weighted by Gasteiger charge is -2.31. The monoisotopic (exact) mass is 275 g/mol. The van der Waals surface area contributed by atoms with Gasteiger partial charge in [-0.2, -0.15) is 0 Å². The molecule has 4 heteroatoms. The fourth-order valence-electron chi connectivity index (χ4n) is 2.62. The summed E-state index contributed by atoms with van der Waals surface area (Å²) in [6.07, 6.45) is 2.26. The second kappa shape index (κ2) is 7.41. The van der Waals surface area contributed by atoms with Gasteiger partial charge in [-0.25, -0.2) is 0 Å². The van der Waals surface area contributed by atoms with Crippen LogP contribution in [0, 0.1) is 6.92 Å². The van der Waals surface area contributed by atoms with E-state index in [0.717, 1.165) is 38.2 Å². The van der Waals surface area contributed by atoms with Crippen LogP contribution in [0.5, 0.6) is 0 Å². The summed E-state index contributed by atoms with van der Waals surface area (Å²) >= 11 is 0. The highest BCUT2D eigenvalue weighted by molar-refractivity contribution is 5.92. The van der Waals surface area contributed by atoms with Gasteiger partial charge in [0.15, 0.2) is 0 Å². The Bertz CT molecular complexity index is 422. The molecule has 20 heavy (non-hydrogen) atoms. The summed E-state index contributed by atoms with van der Waals surface area (Å²) in [7, 11) is 0. The molecule has 1 aliphatic rings. The lowest BCUT2D eigenvalue weighted by Crippen LogP contribution is -2.44. The number of carbonyl (C=O) groups is 1. The zero-order valence-corrected chi connectivity index (χ0v) is 12.5. The number of piperidine rings is 1. The highest BCUT2D eigenvalue weighted by atomic mass is 16.2. The molecule has 0 aliphatic carbocycles. The van der Waals surface area contributed by atoms with Crippen LogP contribution >= 0.6 is 0 Å². The van der Waals surface area contributed by atoms with E-state index in [4.69, 9.17) is 0 Å². The number of benzene rings is 1. The summed E-state index contributed by atoms with van der Waals surface area (Å²) in [5, 5.41) is 6.43. The molecule has 0 saturated carbocycles. The Morgan fingerprint density at radius 2 is 1.90 bits per heavy atom. The standard InChI is InChI=1S/C16H25N3O/c1-3-17-14-8-10-19(11-9-14)12-16(20)18-15-6-4-13(2)5-7-15/h4-7,14,17H,3,8-12H2,1-2H3,(H,18,20). The van der Waals surface area contributed by atoms with E-state index >= 15 is 0 Å². The first-order valence-corrected chi connectivity index (χ1v) is 7.49. The van der Waals surface area contributed by atoms with Crippen molar-refractivity contribution in [2.24, 2.45) is 0 Å². The Hall–Kier alpha value is -1.39. The first-order chi connectivity index (χ1) is 9.67. The summed E-state index contributed by atoms with van der Waals surface area (Å²) in [4.78, 5) is 14.2. The van der Waals surface area contributed by atoms with E-state index in [0.29, 0.717) is 12.6 Å². The van der Waals surface area contributed by atoms with Crippen LogP contribution < -0.4 is 10.6 Å². The van der Waals surface area contributed by atoms with Gasteiger partial charge in [0, 0.05) is 24.8 Å². The third-order valence-corrected chi connectivity index (χ3v) is 3.78. The molecule has 1 heterocycles. The highest BCUT2D eigenvalue weighted by Crippen LogP contribution is 2.11. The molecule has 0 spiro atoms. The van der Waals surface area contributed by atoms with Crippen molar-refractivity contribution in [2.45, 2.75) is 32.7 Å². The number of carbonyl (C=O) groups excluding carboxylic acids is 1. The highest BCUT2D eigenvalue weighted by Gasteiger charge is 2.19. The maximum Gasteiger partial charge on any atom is 0.238 e. The number of hydrogen-bond donors (Lipinski definition) is 2. The summed E-state index contributed by atoms with van der Waals surface area (Å²) in [6.45, 7) is 7.70. The van der Waals surface area contributed by atoms with Gasteiger partial charge in [-0.1, -0.05) is 24.6 Å². The number of rotatable bonds is 5. The number of nitrogens with one attached hydrogen (secondary N) is 2. The Kier molecular flexibility index (Phi) is 5.56. The molecular formula is C16H25N3O. The summed E-state index contributed by atoms with van der Waals surface area (Å²) in [5.74, 6) is 0.0794. The van der Waals surface area contributed by atoms with E-state index in [1.807, 2.05) is 31.2 Å². The van der Waals surface area contributed by atoms with Crippen molar-refractivity contribution >= 4 is 11.6 Å². The van der Waals surface area contributed by atoms with Gasteiger partial charge in [0.25, 0.3) is 0 Å². The molecule has 2 N–H and O–H groups in total. The quantitative estimate of drug-likeness (QED) is 0.864. The van der Waals surface area contributed by atoms with Crippen LogP contribution in [-0.4, -0.2) is 43.0 Å². The van der Waals surface area contributed by atoms with Crippen molar-refractivity contribution in [3.05, 3.63) is 29.8 Å². The van der Waals surface area contributed by atoms with Crippen LogP contribution in [-0.2, 0) is 4.79 Å². The van der Waals surface area contributed by atoms with Crippen molar-refractivity contribution in [3.8, 4) is 0 Å². The first kappa shape index (κ1) is 15.0. The van der Waals surface area contributed by atoms with E-state index in [1.165, 1.54) is 5.56 Å². The molecule has 1 saturated heterocycles. The molecule has 1 fully saturated rings. The van der Waals surface area contributed by atoms with Gasteiger partial charge in [-0.15, -0.1) is 0 Å². The van der Waals surface area contributed by atoms with E-state index in [2.05, 4.69) is 22.5 Å². The number of likely N-dealkylation sites (tertiary alicyclic amines) is 1. The minimum Gasteiger partial charge on any atom is -0.325 e. The SMILES string of the molecule is CCNC1CCN(CC(=O)Nc2ccc(C)cc2)CC1. The van der Waals surface area contributed by atoms with E-state index in [-0.39, 0.29) is 5.91 Å². The second-order valence-electron chi connectivity index (χ2n) is 5.52. The van der Waals surface area contributed by atoms with Crippen LogP contribution in [0.25, 0.3) is 0 Å². The number of aryl methyl sites for hydroxylation is 1. The maximum atomic E-state index is 12.0. The summed E-state index contributed by atoms with van der Waals surface area (Å²) < 4.78 is 0. The lowest BCUT2D eigenvalue weighted by molar-refractivity contribution is -0.117. The van der Waals surface area contributed by atoms with Crippen LogP contribution in [0.3, 0.4) is 0 Å². The topological polar surface area (TPSA) is 44.4 Å². The molecule has 2 rings (SSSR count). The Labute approximate surface area is 121 Å².